The molecule has 0 bridgehead atoms. The van der Waals surface area contributed by atoms with E-state index >= 15 is 0 Å². The number of hydrogen-bond donors (Lipinski definition) is 0. The maximum atomic E-state index is 11.9. The van der Waals surface area contributed by atoms with Crippen LogP contribution in [0.3, 0.4) is 0 Å². The predicted molar refractivity (Wildman–Crippen MR) is 133 cm³/mol. The van der Waals surface area contributed by atoms with Crippen LogP contribution in [0.4, 0.5) is 5.69 Å². The number of aromatic nitrogens is 2. The molecule has 0 atom stereocenters. The van der Waals surface area contributed by atoms with E-state index in [1.54, 1.807) is 12.0 Å². The standard InChI is InChI=1S/C26H23ClN4O2/c1-3-24(32)31-12-10-30(11-13-31)22-15-23(33-2)29-21-14-18(16-28-26(21)22)19-8-4-6-17-7-5-9-20(27)25(17)19/h3-9,14-16H,1,10-13H2,2H3. The zero-order valence-corrected chi connectivity index (χ0v) is 19.0. The van der Waals surface area contributed by atoms with Crippen molar-refractivity contribution in [1.29, 1.82) is 0 Å². The predicted octanol–water partition coefficient (Wildman–Crippen LogP) is 4.95. The number of halogens is 1. The summed E-state index contributed by atoms with van der Waals surface area (Å²) in [6.45, 7) is 6.24. The molecule has 3 heterocycles. The lowest BCUT2D eigenvalue weighted by Gasteiger charge is -2.36. The first-order valence-electron chi connectivity index (χ1n) is 10.8. The Balaban J connectivity index is 1.58. The van der Waals surface area contributed by atoms with Crippen LogP contribution >= 0.6 is 11.6 Å². The van der Waals surface area contributed by atoms with E-state index in [2.05, 4.69) is 28.6 Å². The van der Waals surface area contributed by atoms with Crippen LogP contribution in [0.25, 0.3) is 32.9 Å². The summed E-state index contributed by atoms with van der Waals surface area (Å²) in [5, 5.41) is 2.77. The van der Waals surface area contributed by atoms with E-state index in [4.69, 9.17) is 21.3 Å². The number of pyridine rings is 2. The summed E-state index contributed by atoms with van der Waals surface area (Å²) in [6, 6.07) is 16.0. The molecule has 0 radical (unpaired) electrons. The average molecular weight is 459 g/mol. The zero-order chi connectivity index (χ0) is 22.9. The lowest BCUT2D eigenvalue weighted by Crippen LogP contribution is -2.48. The molecule has 7 heteroatoms. The minimum Gasteiger partial charge on any atom is -0.481 e. The van der Waals surface area contributed by atoms with Gasteiger partial charge in [-0.05, 0) is 29.2 Å². The molecule has 0 aliphatic carbocycles. The summed E-state index contributed by atoms with van der Waals surface area (Å²) in [5.41, 5.74) is 4.44. The van der Waals surface area contributed by atoms with Gasteiger partial charge in [0.05, 0.1) is 18.3 Å². The largest absolute Gasteiger partial charge is 0.481 e. The van der Waals surface area contributed by atoms with E-state index in [1.807, 2.05) is 42.6 Å². The van der Waals surface area contributed by atoms with Crippen LogP contribution in [0.1, 0.15) is 0 Å². The number of ether oxygens (including phenoxy) is 1. The summed E-state index contributed by atoms with van der Waals surface area (Å²) >= 11 is 6.55. The van der Waals surface area contributed by atoms with Crippen molar-refractivity contribution in [3.8, 4) is 17.0 Å². The first-order chi connectivity index (χ1) is 16.1. The molecule has 6 nitrogen and oxygen atoms in total. The van der Waals surface area contributed by atoms with Crippen LogP contribution < -0.4 is 9.64 Å². The fourth-order valence-corrected chi connectivity index (χ4v) is 4.68. The average Bonchev–Trinajstić information content (AvgIpc) is 2.87. The highest BCUT2D eigenvalue weighted by Crippen LogP contribution is 2.36. The molecule has 33 heavy (non-hydrogen) atoms. The van der Waals surface area contributed by atoms with Crippen molar-refractivity contribution in [2.75, 3.05) is 38.2 Å². The Morgan fingerprint density at radius 3 is 2.61 bits per heavy atom. The van der Waals surface area contributed by atoms with Gasteiger partial charge in [-0.1, -0.05) is 48.5 Å². The van der Waals surface area contributed by atoms with Gasteiger partial charge in [0.15, 0.2) is 0 Å². The molecule has 4 aromatic rings. The molecule has 2 aromatic heterocycles. The highest BCUT2D eigenvalue weighted by Gasteiger charge is 2.22. The molecule has 1 aliphatic heterocycles. The number of carbonyl (C=O) groups is 1. The lowest BCUT2D eigenvalue weighted by molar-refractivity contribution is -0.126. The number of anilines is 1. The van der Waals surface area contributed by atoms with E-state index in [-0.39, 0.29) is 5.91 Å². The van der Waals surface area contributed by atoms with E-state index in [9.17, 15) is 4.79 Å². The Bertz CT molecular complexity index is 1370. The third-order valence-corrected chi connectivity index (χ3v) is 6.40. The lowest BCUT2D eigenvalue weighted by atomic mass is 9.99. The van der Waals surface area contributed by atoms with E-state index in [0.717, 1.165) is 38.6 Å². The van der Waals surface area contributed by atoms with Gasteiger partial charge in [-0.15, -0.1) is 0 Å². The number of methoxy groups -OCH3 is 1. The number of carbonyl (C=O) groups excluding carboxylic acids is 1. The van der Waals surface area contributed by atoms with Crippen LogP contribution in [0.5, 0.6) is 5.88 Å². The maximum Gasteiger partial charge on any atom is 0.246 e. The monoisotopic (exact) mass is 458 g/mol. The highest BCUT2D eigenvalue weighted by atomic mass is 35.5. The number of nitrogens with zero attached hydrogens (tertiary/aromatic N) is 4. The van der Waals surface area contributed by atoms with Crippen LogP contribution in [0.2, 0.25) is 5.02 Å². The minimum absolute atomic E-state index is 0.0386. The first kappa shape index (κ1) is 21.2. The molecule has 1 fully saturated rings. The van der Waals surface area contributed by atoms with Crippen molar-refractivity contribution in [2.24, 2.45) is 0 Å². The molecule has 5 rings (SSSR count). The van der Waals surface area contributed by atoms with Gasteiger partial charge >= 0.3 is 0 Å². The summed E-state index contributed by atoms with van der Waals surface area (Å²) in [7, 11) is 1.61. The van der Waals surface area contributed by atoms with Crippen molar-refractivity contribution in [3.05, 3.63) is 72.4 Å². The number of amides is 1. The smallest absolute Gasteiger partial charge is 0.246 e. The molecule has 1 aliphatic rings. The Morgan fingerprint density at radius 1 is 1.12 bits per heavy atom. The van der Waals surface area contributed by atoms with E-state index in [1.165, 1.54) is 6.08 Å². The third-order valence-electron chi connectivity index (χ3n) is 6.08. The number of benzene rings is 2. The molecule has 166 valence electrons. The van der Waals surface area contributed by atoms with Crippen molar-refractivity contribution in [1.82, 2.24) is 14.9 Å². The summed E-state index contributed by atoms with van der Waals surface area (Å²) in [4.78, 5) is 25.5. The van der Waals surface area contributed by atoms with E-state index in [0.29, 0.717) is 37.1 Å². The van der Waals surface area contributed by atoms with E-state index < -0.39 is 0 Å². The van der Waals surface area contributed by atoms with Gasteiger partial charge in [0.1, 0.15) is 5.52 Å². The molecule has 0 unspecified atom stereocenters. The van der Waals surface area contributed by atoms with Crippen molar-refractivity contribution < 1.29 is 9.53 Å². The Kier molecular flexibility index (Phi) is 5.60. The van der Waals surface area contributed by atoms with Gasteiger partial charge in [-0.3, -0.25) is 9.78 Å². The van der Waals surface area contributed by atoms with Gasteiger partial charge in [0.25, 0.3) is 0 Å². The minimum atomic E-state index is -0.0386. The molecule has 1 saturated heterocycles. The van der Waals surface area contributed by atoms with Crippen LogP contribution in [-0.4, -0.2) is 54.1 Å². The summed E-state index contributed by atoms with van der Waals surface area (Å²) in [6.07, 6.45) is 3.23. The topological polar surface area (TPSA) is 58.6 Å². The van der Waals surface area contributed by atoms with Gasteiger partial charge in [0.2, 0.25) is 11.8 Å². The summed E-state index contributed by atoms with van der Waals surface area (Å²) in [5.74, 6) is 0.486. The second kappa shape index (κ2) is 8.71. The molecule has 0 spiro atoms. The second-order valence-corrected chi connectivity index (χ2v) is 8.34. The van der Waals surface area contributed by atoms with Crippen LogP contribution in [0.15, 0.2) is 67.4 Å². The Hall–Kier alpha value is -3.64. The molecular weight excluding hydrogens is 436 g/mol. The van der Waals surface area contributed by atoms with Gasteiger partial charge in [0, 0.05) is 54.4 Å². The van der Waals surface area contributed by atoms with Gasteiger partial charge in [-0.2, -0.15) is 0 Å². The second-order valence-electron chi connectivity index (χ2n) is 7.94. The molecule has 0 N–H and O–H groups in total. The molecular formula is C26H23ClN4O2. The number of hydrogen-bond acceptors (Lipinski definition) is 5. The van der Waals surface area contributed by atoms with Crippen LogP contribution in [0, 0.1) is 0 Å². The van der Waals surface area contributed by atoms with Crippen molar-refractivity contribution in [2.45, 2.75) is 0 Å². The zero-order valence-electron chi connectivity index (χ0n) is 18.3. The summed E-state index contributed by atoms with van der Waals surface area (Å²) < 4.78 is 5.50. The maximum absolute atomic E-state index is 11.9. The fourth-order valence-electron chi connectivity index (χ4n) is 4.40. The van der Waals surface area contributed by atoms with Gasteiger partial charge < -0.3 is 14.5 Å². The molecule has 1 amide bonds. The van der Waals surface area contributed by atoms with Crippen LogP contribution in [-0.2, 0) is 4.79 Å². The SMILES string of the molecule is C=CC(=O)N1CCN(c2cc(OC)nc3cc(-c4cccc5cccc(Cl)c45)cnc23)CC1. The van der Waals surface area contributed by atoms with Crippen molar-refractivity contribution in [3.63, 3.8) is 0 Å². The Labute approximate surface area is 197 Å². The van der Waals surface area contributed by atoms with Crippen molar-refractivity contribution >= 4 is 45.0 Å². The highest BCUT2D eigenvalue weighted by molar-refractivity contribution is 6.36. The third kappa shape index (κ3) is 3.87. The molecule has 0 saturated carbocycles. The molecule has 2 aromatic carbocycles. The number of rotatable bonds is 4. The quantitative estimate of drug-likeness (QED) is 0.405. The number of fused-ring (bicyclic) bond motifs is 2. The Morgan fingerprint density at radius 2 is 1.88 bits per heavy atom. The normalized spacial score (nSPS) is 14.0. The first-order valence-corrected chi connectivity index (χ1v) is 11.2. The fraction of sp³-hybridized carbons (Fsp3) is 0.192. The number of piperazine rings is 1. The van der Waals surface area contributed by atoms with Gasteiger partial charge in [-0.25, -0.2) is 4.98 Å².